The van der Waals surface area contributed by atoms with Crippen molar-refractivity contribution in [3.05, 3.63) is 124 Å². The molecule has 4 aliphatic carbocycles. The second-order valence-corrected chi connectivity index (χ2v) is 9.78. The van der Waals surface area contributed by atoms with Crippen LogP contribution < -0.4 is 10.6 Å². The number of benzene rings is 1. The first-order valence-corrected chi connectivity index (χ1v) is 12.3. The SMILES string of the molecule is CC1=C(C2=CC(C3C=c4ccn(-c5ccccc5)c4=CC3)C3C=CC=CC3=C2C)C=CCC1. The maximum atomic E-state index is 2.61. The van der Waals surface area contributed by atoms with Gasteiger partial charge in [0.15, 0.2) is 0 Å². The van der Waals surface area contributed by atoms with Crippen molar-refractivity contribution in [1.82, 2.24) is 4.57 Å². The second kappa shape index (κ2) is 8.23. The van der Waals surface area contributed by atoms with Crippen LogP contribution in [0.25, 0.3) is 17.8 Å². The van der Waals surface area contributed by atoms with E-state index in [4.69, 9.17) is 0 Å². The summed E-state index contributed by atoms with van der Waals surface area (Å²) < 4.78 is 2.32. The van der Waals surface area contributed by atoms with Gasteiger partial charge < -0.3 is 4.57 Å². The lowest BCUT2D eigenvalue weighted by atomic mass is 9.67. The van der Waals surface area contributed by atoms with E-state index >= 15 is 0 Å². The largest absolute Gasteiger partial charge is 0.317 e. The molecule has 33 heavy (non-hydrogen) atoms. The fraction of sp³-hybridized carbons (Fsp3) is 0.250. The first-order chi connectivity index (χ1) is 16.2. The van der Waals surface area contributed by atoms with E-state index in [-0.39, 0.29) is 0 Å². The molecule has 0 spiro atoms. The van der Waals surface area contributed by atoms with Gasteiger partial charge in [-0.05, 0) is 90.7 Å². The molecular formula is C32H31N. The lowest BCUT2D eigenvalue weighted by Gasteiger charge is -2.37. The maximum Gasteiger partial charge on any atom is 0.0485 e. The predicted octanol–water partition coefficient (Wildman–Crippen LogP) is 6.34. The van der Waals surface area contributed by atoms with Crippen LogP contribution in [0.1, 0.15) is 33.1 Å². The first-order valence-electron chi connectivity index (χ1n) is 12.3. The monoisotopic (exact) mass is 429 g/mol. The van der Waals surface area contributed by atoms with Gasteiger partial charge in [0.25, 0.3) is 0 Å². The van der Waals surface area contributed by atoms with Crippen molar-refractivity contribution in [3.63, 3.8) is 0 Å². The van der Waals surface area contributed by atoms with Gasteiger partial charge in [-0.15, -0.1) is 0 Å². The Morgan fingerprint density at radius 2 is 1.82 bits per heavy atom. The third-order valence-corrected chi connectivity index (χ3v) is 7.86. The van der Waals surface area contributed by atoms with E-state index in [1.165, 1.54) is 57.0 Å². The van der Waals surface area contributed by atoms with Crippen molar-refractivity contribution < 1.29 is 0 Å². The zero-order chi connectivity index (χ0) is 22.4. The Kier molecular flexibility index (Phi) is 5.06. The highest BCUT2D eigenvalue weighted by Gasteiger charge is 2.34. The van der Waals surface area contributed by atoms with Crippen LogP contribution in [0.2, 0.25) is 0 Å². The third-order valence-electron chi connectivity index (χ3n) is 7.86. The number of hydrogen-bond acceptors (Lipinski definition) is 0. The summed E-state index contributed by atoms with van der Waals surface area (Å²) in [7, 11) is 0. The fourth-order valence-corrected chi connectivity index (χ4v) is 6.07. The molecule has 1 heteroatoms. The molecular weight excluding hydrogens is 398 g/mol. The minimum atomic E-state index is 0.458. The summed E-state index contributed by atoms with van der Waals surface area (Å²) in [5.74, 6) is 1.43. The Hall–Kier alpha value is -3.32. The summed E-state index contributed by atoms with van der Waals surface area (Å²) in [6.45, 7) is 4.64. The average molecular weight is 430 g/mol. The molecule has 0 radical (unpaired) electrons. The van der Waals surface area contributed by atoms with Crippen LogP contribution in [0.3, 0.4) is 0 Å². The molecule has 1 aromatic heterocycles. The van der Waals surface area contributed by atoms with Gasteiger partial charge in [-0.25, -0.2) is 0 Å². The van der Waals surface area contributed by atoms with E-state index < -0.39 is 0 Å². The minimum Gasteiger partial charge on any atom is -0.317 e. The van der Waals surface area contributed by atoms with Crippen LogP contribution in [0.5, 0.6) is 0 Å². The van der Waals surface area contributed by atoms with E-state index in [9.17, 15) is 0 Å². The number of nitrogens with zero attached hydrogens (tertiary/aromatic N) is 1. The smallest absolute Gasteiger partial charge is 0.0485 e. The minimum absolute atomic E-state index is 0.458. The maximum absolute atomic E-state index is 2.61. The van der Waals surface area contributed by atoms with Gasteiger partial charge in [0.1, 0.15) is 0 Å². The summed E-state index contributed by atoms with van der Waals surface area (Å²) in [5.41, 5.74) is 8.62. The topological polar surface area (TPSA) is 4.93 Å². The Morgan fingerprint density at radius 3 is 2.67 bits per heavy atom. The highest BCUT2D eigenvalue weighted by Crippen LogP contribution is 2.45. The van der Waals surface area contributed by atoms with E-state index in [1.807, 2.05) is 0 Å². The molecule has 0 saturated carbocycles. The average Bonchev–Trinajstić information content (AvgIpc) is 3.29. The number of para-hydroxylation sites is 1. The number of rotatable bonds is 3. The molecule has 0 N–H and O–H groups in total. The fourth-order valence-electron chi connectivity index (χ4n) is 6.07. The normalized spacial score (nSPS) is 25.9. The van der Waals surface area contributed by atoms with Crippen molar-refractivity contribution in [1.29, 1.82) is 0 Å². The van der Waals surface area contributed by atoms with Gasteiger partial charge in [-0.2, -0.15) is 0 Å². The molecule has 164 valence electrons. The number of hydrogen-bond donors (Lipinski definition) is 0. The van der Waals surface area contributed by atoms with Gasteiger partial charge >= 0.3 is 0 Å². The summed E-state index contributed by atoms with van der Waals surface area (Å²) in [4.78, 5) is 0. The number of allylic oxidation sites excluding steroid dienone is 12. The van der Waals surface area contributed by atoms with Crippen molar-refractivity contribution in [2.75, 3.05) is 0 Å². The zero-order valence-corrected chi connectivity index (χ0v) is 19.5. The van der Waals surface area contributed by atoms with Crippen LogP contribution >= 0.6 is 0 Å². The lowest BCUT2D eigenvalue weighted by Crippen LogP contribution is -2.35. The van der Waals surface area contributed by atoms with Gasteiger partial charge in [0.05, 0.1) is 0 Å². The van der Waals surface area contributed by atoms with Crippen molar-refractivity contribution in [3.8, 4) is 5.69 Å². The van der Waals surface area contributed by atoms with Crippen molar-refractivity contribution >= 4 is 12.2 Å². The molecule has 4 aliphatic rings. The quantitative estimate of drug-likeness (QED) is 0.536. The highest BCUT2D eigenvalue weighted by atomic mass is 15.0. The second-order valence-electron chi connectivity index (χ2n) is 9.78. The van der Waals surface area contributed by atoms with Crippen LogP contribution in [0, 0.1) is 17.8 Å². The third kappa shape index (κ3) is 3.47. The molecule has 6 rings (SSSR count). The molecule has 3 unspecified atom stereocenters. The van der Waals surface area contributed by atoms with Crippen LogP contribution in [0.15, 0.2) is 113 Å². The molecule has 0 aliphatic heterocycles. The van der Waals surface area contributed by atoms with E-state index in [0.29, 0.717) is 17.8 Å². The lowest BCUT2D eigenvalue weighted by molar-refractivity contribution is 0.424. The Balaban J connectivity index is 1.43. The Bertz CT molecular complexity index is 1400. The zero-order valence-electron chi connectivity index (χ0n) is 19.5. The predicted molar refractivity (Wildman–Crippen MR) is 139 cm³/mol. The first kappa shape index (κ1) is 20.3. The molecule has 0 amide bonds. The van der Waals surface area contributed by atoms with Gasteiger partial charge in [0.2, 0.25) is 0 Å². The summed E-state index contributed by atoms with van der Waals surface area (Å²) in [6.07, 6.45) is 27.2. The summed E-state index contributed by atoms with van der Waals surface area (Å²) >= 11 is 0. The molecule has 1 nitrogen and oxygen atoms in total. The standard InChI is InChI=1S/C32H31N/c1-22-10-6-7-13-27(22)30-21-31(29-15-9-8-14-28(29)23(30)2)24-16-17-32-25(20-24)18-19-33(32)26-11-4-3-5-12-26/h3-5,7-9,11-15,17-21,24,29,31H,6,10,16H2,1-2H3. The molecule has 2 aromatic rings. The summed E-state index contributed by atoms with van der Waals surface area (Å²) in [6, 6.07) is 13.0. The van der Waals surface area contributed by atoms with Crippen molar-refractivity contribution in [2.45, 2.75) is 33.1 Å². The Labute approximate surface area is 196 Å². The highest BCUT2D eigenvalue weighted by molar-refractivity contribution is 5.61. The van der Waals surface area contributed by atoms with E-state index in [0.717, 1.165) is 6.42 Å². The molecule has 1 heterocycles. The van der Waals surface area contributed by atoms with Gasteiger partial charge in [-0.1, -0.05) is 78.5 Å². The summed E-state index contributed by atoms with van der Waals surface area (Å²) in [5, 5.41) is 2.69. The van der Waals surface area contributed by atoms with Gasteiger partial charge in [0, 0.05) is 23.2 Å². The van der Waals surface area contributed by atoms with Gasteiger partial charge in [-0.3, -0.25) is 0 Å². The molecule has 3 atom stereocenters. The molecule has 0 saturated heterocycles. The van der Waals surface area contributed by atoms with E-state index in [2.05, 4.69) is 116 Å². The Morgan fingerprint density at radius 1 is 0.939 bits per heavy atom. The van der Waals surface area contributed by atoms with Crippen LogP contribution in [-0.4, -0.2) is 4.57 Å². The number of aromatic nitrogens is 1. The van der Waals surface area contributed by atoms with Crippen LogP contribution in [0.4, 0.5) is 0 Å². The molecule has 0 fully saturated rings. The van der Waals surface area contributed by atoms with Crippen LogP contribution in [-0.2, 0) is 0 Å². The molecule has 0 bridgehead atoms. The van der Waals surface area contributed by atoms with E-state index in [1.54, 1.807) is 0 Å². The van der Waals surface area contributed by atoms with Crippen molar-refractivity contribution in [2.24, 2.45) is 17.8 Å². The number of fused-ring (bicyclic) bond motifs is 2. The molecule has 1 aromatic carbocycles.